The molecular formula is C11H9ClF2N2O2. The standard InChI is InChI=1S/C11H9ClF2N2O2/c1-2-18-9(17)4-6-3-7(12)8(5-15)16-10(6)11(13)14/h3,11H,2,4H2,1H3. The van der Waals surface area contributed by atoms with Crippen molar-refractivity contribution < 1.29 is 18.3 Å². The minimum atomic E-state index is -2.89. The van der Waals surface area contributed by atoms with Gasteiger partial charge >= 0.3 is 5.97 Å². The van der Waals surface area contributed by atoms with Gasteiger partial charge in [0.15, 0.2) is 5.69 Å². The molecule has 0 fully saturated rings. The van der Waals surface area contributed by atoms with Crippen molar-refractivity contribution in [2.24, 2.45) is 0 Å². The number of esters is 1. The Kier molecular flexibility index (Phi) is 4.98. The number of ether oxygens (including phenoxy) is 1. The maximum Gasteiger partial charge on any atom is 0.310 e. The van der Waals surface area contributed by atoms with E-state index in [9.17, 15) is 13.6 Å². The van der Waals surface area contributed by atoms with E-state index in [-0.39, 0.29) is 29.3 Å². The minimum Gasteiger partial charge on any atom is -0.466 e. The molecule has 4 nitrogen and oxygen atoms in total. The topological polar surface area (TPSA) is 63.0 Å². The van der Waals surface area contributed by atoms with Crippen molar-refractivity contribution in [2.45, 2.75) is 19.8 Å². The van der Waals surface area contributed by atoms with Gasteiger partial charge < -0.3 is 4.74 Å². The Balaban J connectivity index is 3.14. The third-order valence-electron chi connectivity index (χ3n) is 2.04. The van der Waals surface area contributed by atoms with Crippen LogP contribution in [0.5, 0.6) is 0 Å². The summed E-state index contributed by atoms with van der Waals surface area (Å²) in [5, 5.41) is 8.58. The summed E-state index contributed by atoms with van der Waals surface area (Å²) < 4.78 is 30.1. The lowest BCUT2D eigenvalue weighted by molar-refractivity contribution is -0.142. The summed E-state index contributed by atoms with van der Waals surface area (Å²) in [6.07, 6.45) is -3.25. The van der Waals surface area contributed by atoms with Crippen LogP contribution in [0.15, 0.2) is 6.07 Å². The number of halogens is 3. The SMILES string of the molecule is CCOC(=O)Cc1cc(Cl)c(C#N)nc1C(F)F. The second kappa shape index (κ2) is 6.26. The summed E-state index contributed by atoms with van der Waals surface area (Å²) in [6, 6.07) is 2.75. The molecule has 0 saturated heterocycles. The molecule has 96 valence electrons. The van der Waals surface area contributed by atoms with E-state index in [1.54, 1.807) is 13.0 Å². The number of nitrogens with zero attached hydrogens (tertiary/aromatic N) is 2. The fourth-order valence-corrected chi connectivity index (χ4v) is 1.53. The molecule has 0 atom stereocenters. The van der Waals surface area contributed by atoms with Crippen molar-refractivity contribution in [3.05, 3.63) is 28.0 Å². The zero-order valence-corrected chi connectivity index (χ0v) is 10.2. The van der Waals surface area contributed by atoms with E-state index in [0.717, 1.165) is 6.07 Å². The second-order valence-corrected chi connectivity index (χ2v) is 3.66. The van der Waals surface area contributed by atoms with E-state index in [2.05, 4.69) is 9.72 Å². The number of nitriles is 1. The van der Waals surface area contributed by atoms with Crippen LogP contribution in [0.2, 0.25) is 5.02 Å². The monoisotopic (exact) mass is 274 g/mol. The van der Waals surface area contributed by atoms with Crippen molar-refractivity contribution in [2.75, 3.05) is 6.61 Å². The van der Waals surface area contributed by atoms with Crippen LogP contribution in [0.3, 0.4) is 0 Å². The highest BCUT2D eigenvalue weighted by atomic mass is 35.5. The highest BCUT2D eigenvalue weighted by Crippen LogP contribution is 2.26. The van der Waals surface area contributed by atoms with Crippen LogP contribution < -0.4 is 0 Å². The fourth-order valence-electron chi connectivity index (χ4n) is 1.32. The molecule has 0 spiro atoms. The summed E-state index contributed by atoms with van der Waals surface area (Å²) in [6.45, 7) is 1.76. The molecule has 18 heavy (non-hydrogen) atoms. The van der Waals surface area contributed by atoms with Gasteiger partial charge in [-0.2, -0.15) is 5.26 Å². The van der Waals surface area contributed by atoms with E-state index in [4.69, 9.17) is 16.9 Å². The van der Waals surface area contributed by atoms with Crippen molar-refractivity contribution in [1.29, 1.82) is 5.26 Å². The first-order valence-electron chi connectivity index (χ1n) is 5.02. The predicted molar refractivity (Wildman–Crippen MR) is 59.3 cm³/mol. The lowest BCUT2D eigenvalue weighted by Crippen LogP contribution is -2.11. The molecule has 0 unspecified atom stereocenters. The Morgan fingerprint density at radius 1 is 1.67 bits per heavy atom. The fraction of sp³-hybridized carbons (Fsp3) is 0.364. The maximum atomic E-state index is 12.7. The van der Waals surface area contributed by atoms with Gasteiger partial charge in [-0.15, -0.1) is 0 Å². The smallest absolute Gasteiger partial charge is 0.310 e. The Bertz CT molecular complexity index is 501. The molecule has 0 bridgehead atoms. The van der Waals surface area contributed by atoms with Crippen LogP contribution in [-0.2, 0) is 16.0 Å². The van der Waals surface area contributed by atoms with E-state index in [1.165, 1.54) is 0 Å². The van der Waals surface area contributed by atoms with Gasteiger partial charge in [-0.25, -0.2) is 13.8 Å². The molecule has 7 heteroatoms. The van der Waals surface area contributed by atoms with E-state index < -0.39 is 18.1 Å². The number of pyridine rings is 1. The molecular weight excluding hydrogens is 266 g/mol. The molecule has 0 aromatic carbocycles. The Labute approximate surface area is 107 Å². The van der Waals surface area contributed by atoms with E-state index in [0.29, 0.717) is 0 Å². The highest BCUT2D eigenvalue weighted by Gasteiger charge is 2.20. The van der Waals surface area contributed by atoms with Gasteiger partial charge in [-0.1, -0.05) is 11.6 Å². The summed E-state index contributed by atoms with van der Waals surface area (Å²) in [5.74, 6) is -0.651. The number of hydrogen-bond donors (Lipinski definition) is 0. The van der Waals surface area contributed by atoms with Crippen LogP contribution in [-0.4, -0.2) is 17.6 Å². The largest absolute Gasteiger partial charge is 0.466 e. The van der Waals surface area contributed by atoms with E-state index >= 15 is 0 Å². The first-order valence-corrected chi connectivity index (χ1v) is 5.40. The number of carbonyl (C=O) groups is 1. The normalized spacial score (nSPS) is 10.2. The summed E-state index contributed by atoms with van der Waals surface area (Å²) in [4.78, 5) is 14.7. The minimum absolute atomic E-state index is 0.0348. The van der Waals surface area contributed by atoms with E-state index in [1.807, 2.05) is 0 Å². The Hall–Kier alpha value is -1.74. The quantitative estimate of drug-likeness (QED) is 0.792. The molecule has 1 aromatic rings. The second-order valence-electron chi connectivity index (χ2n) is 3.26. The molecule has 1 heterocycles. The third-order valence-corrected chi connectivity index (χ3v) is 2.33. The average molecular weight is 275 g/mol. The molecule has 1 rings (SSSR count). The first kappa shape index (κ1) is 14.3. The van der Waals surface area contributed by atoms with Gasteiger partial charge in [0.25, 0.3) is 6.43 Å². The van der Waals surface area contributed by atoms with Crippen LogP contribution in [0.25, 0.3) is 0 Å². The van der Waals surface area contributed by atoms with Crippen LogP contribution in [0, 0.1) is 11.3 Å². The molecule has 0 aliphatic heterocycles. The van der Waals surface area contributed by atoms with Crippen molar-refractivity contribution in [3.8, 4) is 6.07 Å². The number of carbonyl (C=O) groups excluding carboxylic acids is 1. The van der Waals surface area contributed by atoms with Gasteiger partial charge in [-0.3, -0.25) is 4.79 Å². The van der Waals surface area contributed by atoms with Gasteiger partial charge in [0, 0.05) is 0 Å². The first-order chi connectivity index (χ1) is 8.49. The maximum absolute atomic E-state index is 12.7. The molecule has 0 N–H and O–H groups in total. The van der Waals surface area contributed by atoms with Gasteiger partial charge in [0.05, 0.1) is 18.1 Å². The molecule has 0 aliphatic rings. The molecule has 0 amide bonds. The van der Waals surface area contributed by atoms with Gasteiger partial charge in [0.2, 0.25) is 0 Å². The Morgan fingerprint density at radius 3 is 2.83 bits per heavy atom. The molecule has 0 saturated carbocycles. The lowest BCUT2D eigenvalue weighted by Gasteiger charge is -2.09. The molecule has 0 aliphatic carbocycles. The lowest BCUT2D eigenvalue weighted by atomic mass is 10.1. The van der Waals surface area contributed by atoms with Crippen LogP contribution in [0.4, 0.5) is 8.78 Å². The molecule has 0 radical (unpaired) electrons. The number of alkyl halides is 2. The van der Waals surface area contributed by atoms with Crippen LogP contribution >= 0.6 is 11.6 Å². The summed E-state index contributed by atoms with van der Waals surface area (Å²) in [5.41, 5.74) is -0.948. The zero-order chi connectivity index (χ0) is 13.7. The number of rotatable bonds is 4. The average Bonchev–Trinajstić information content (AvgIpc) is 2.29. The number of aromatic nitrogens is 1. The number of hydrogen-bond acceptors (Lipinski definition) is 4. The Morgan fingerprint density at radius 2 is 2.33 bits per heavy atom. The predicted octanol–water partition coefficient (Wildman–Crippen LogP) is 2.65. The van der Waals surface area contributed by atoms with Crippen LogP contribution in [0.1, 0.15) is 30.3 Å². The third kappa shape index (κ3) is 3.37. The van der Waals surface area contributed by atoms with Gasteiger partial charge in [-0.05, 0) is 18.6 Å². The highest BCUT2D eigenvalue weighted by molar-refractivity contribution is 6.31. The summed E-state index contributed by atoms with van der Waals surface area (Å²) in [7, 11) is 0. The van der Waals surface area contributed by atoms with Crippen molar-refractivity contribution in [1.82, 2.24) is 4.98 Å². The zero-order valence-electron chi connectivity index (χ0n) is 9.41. The van der Waals surface area contributed by atoms with Crippen molar-refractivity contribution in [3.63, 3.8) is 0 Å². The summed E-state index contributed by atoms with van der Waals surface area (Å²) >= 11 is 5.68. The van der Waals surface area contributed by atoms with Crippen molar-refractivity contribution >= 4 is 17.6 Å². The van der Waals surface area contributed by atoms with Gasteiger partial charge in [0.1, 0.15) is 11.8 Å². The molecule has 1 aromatic heterocycles.